The first-order valence-electron chi connectivity index (χ1n) is 8.41. The van der Waals surface area contributed by atoms with Crippen molar-refractivity contribution in [2.45, 2.75) is 19.5 Å². The van der Waals surface area contributed by atoms with E-state index < -0.39 is 0 Å². The molecule has 1 amide bonds. The van der Waals surface area contributed by atoms with Crippen LogP contribution in [0.25, 0.3) is 0 Å². The van der Waals surface area contributed by atoms with Crippen LogP contribution in [0.15, 0.2) is 48.5 Å². The van der Waals surface area contributed by atoms with Crippen molar-refractivity contribution in [3.63, 3.8) is 0 Å². The summed E-state index contributed by atoms with van der Waals surface area (Å²) in [5, 5.41) is 3.56. The minimum absolute atomic E-state index is 0.0105. The van der Waals surface area contributed by atoms with E-state index in [0.29, 0.717) is 30.5 Å². The fourth-order valence-electron chi connectivity index (χ4n) is 2.96. The average molecular weight is 360 g/mol. The molecule has 132 valence electrons. The van der Waals surface area contributed by atoms with Crippen molar-refractivity contribution < 1.29 is 9.53 Å². The highest BCUT2D eigenvalue weighted by Gasteiger charge is 2.34. The van der Waals surface area contributed by atoms with Crippen molar-refractivity contribution in [1.82, 2.24) is 16.2 Å². The number of amides is 1. The molecule has 0 spiro atoms. The molecule has 0 aliphatic carbocycles. The quantitative estimate of drug-likeness (QED) is 0.742. The molecule has 2 aromatic rings. The van der Waals surface area contributed by atoms with E-state index in [4.69, 9.17) is 16.3 Å². The number of rotatable bonds is 6. The molecule has 2 aromatic carbocycles. The maximum Gasteiger partial charge on any atom is 0.226 e. The summed E-state index contributed by atoms with van der Waals surface area (Å²) in [4.78, 5) is 12.6. The lowest BCUT2D eigenvalue weighted by atomic mass is 9.94. The van der Waals surface area contributed by atoms with Gasteiger partial charge in [0.2, 0.25) is 5.91 Å². The number of carbonyl (C=O) groups excluding carboxylic acids is 1. The monoisotopic (exact) mass is 359 g/mol. The summed E-state index contributed by atoms with van der Waals surface area (Å²) in [6.45, 7) is 3.57. The predicted molar refractivity (Wildman–Crippen MR) is 98.3 cm³/mol. The van der Waals surface area contributed by atoms with Crippen LogP contribution in [0.5, 0.6) is 5.75 Å². The van der Waals surface area contributed by atoms with Gasteiger partial charge in [-0.2, -0.15) is 0 Å². The fourth-order valence-corrected chi connectivity index (χ4v) is 3.20. The Morgan fingerprint density at radius 1 is 1.28 bits per heavy atom. The van der Waals surface area contributed by atoms with Gasteiger partial charge in [0.05, 0.1) is 23.6 Å². The molecule has 6 heteroatoms. The number of hydrazine groups is 1. The Hall–Kier alpha value is -2.08. The minimum Gasteiger partial charge on any atom is -0.492 e. The first-order valence-corrected chi connectivity index (χ1v) is 8.79. The molecular formula is C19H22ClN3O2. The van der Waals surface area contributed by atoms with Crippen LogP contribution in [-0.2, 0) is 11.3 Å². The van der Waals surface area contributed by atoms with Gasteiger partial charge in [-0.05, 0) is 30.2 Å². The highest BCUT2D eigenvalue weighted by Crippen LogP contribution is 2.32. The Labute approximate surface area is 152 Å². The third kappa shape index (κ3) is 4.31. The number of ether oxygens (including phenoxy) is 1. The molecule has 1 aliphatic rings. The molecule has 2 unspecified atom stereocenters. The number of benzene rings is 2. The number of hydrogen-bond acceptors (Lipinski definition) is 4. The average Bonchev–Trinajstić information content (AvgIpc) is 3.12. The van der Waals surface area contributed by atoms with Crippen molar-refractivity contribution in [2.24, 2.45) is 5.92 Å². The summed E-state index contributed by atoms with van der Waals surface area (Å²) >= 11 is 6.28. The molecule has 25 heavy (non-hydrogen) atoms. The highest BCUT2D eigenvalue weighted by molar-refractivity contribution is 6.32. The maximum atomic E-state index is 12.6. The molecule has 3 rings (SSSR count). The Kier molecular flexibility index (Phi) is 5.91. The van der Waals surface area contributed by atoms with E-state index in [-0.39, 0.29) is 17.9 Å². The number of halogens is 1. The Bertz CT molecular complexity index is 724. The van der Waals surface area contributed by atoms with E-state index >= 15 is 0 Å². The molecular weight excluding hydrogens is 338 g/mol. The molecule has 1 aliphatic heterocycles. The molecule has 1 saturated heterocycles. The van der Waals surface area contributed by atoms with E-state index in [2.05, 4.69) is 16.2 Å². The third-order valence-electron chi connectivity index (χ3n) is 4.24. The number of carbonyl (C=O) groups is 1. The van der Waals surface area contributed by atoms with E-state index in [9.17, 15) is 4.79 Å². The molecule has 3 N–H and O–H groups in total. The zero-order valence-electron chi connectivity index (χ0n) is 14.1. The van der Waals surface area contributed by atoms with E-state index in [1.54, 1.807) is 0 Å². The topological polar surface area (TPSA) is 62.4 Å². The van der Waals surface area contributed by atoms with Crippen LogP contribution in [0.2, 0.25) is 5.02 Å². The van der Waals surface area contributed by atoms with Crippen LogP contribution in [0.1, 0.15) is 24.1 Å². The fraction of sp³-hybridized carbons (Fsp3) is 0.316. The van der Waals surface area contributed by atoms with Crippen molar-refractivity contribution in [2.75, 3.05) is 13.2 Å². The molecule has 5 nitrogen and oxygen atoms in total. The van der Waals surface area contributed by atoms with Gasteiger partial charge in [0, 0.05) is 13.1 Å². The standard InChI is InChI=1S/C19H22ClN3O2/c1-2-25-17-9-8-14(10-16(17)20)18-15(12-22-23-18)19(24)21-11-13-6-4-3-5-7-13/h3-10,15,18,22-23H,2,11-12H2,1H3,(H,21,24). The van der Waals surface area contributed by atoms with Gasteiger partial charge in [0.25, 0.3) is 0 Å². The lowest BCUT2D eigenvalue weighted by Gasteiger charge is -2.19. The van der Waals surface area contributed by atoms with Crippen LogP contribution >= 0.6 is 11.6 Å². The largest absolute Gasteiger partial charge is 0.492 e. The zero-order valence-corrected chi connectivity index (χ0v) is 14.8. The minimum atomic E-state index is -0.210. The number of nitrogens with one attached hydrogen (secondary N) is 3. The Balaban J connectivity index is 1.67. The normalized spacial score (nSPS) is 19.6. The second-order valence-corrected chi connectivity index (χ2v) is 6.34. The first kappa shape index (κ1) is 17.7. The van der Waals surface area contributed by atoms with Crippen molar-refractivity contribution in [3.05, 3.63) is 64.7 Å². The molecule has 0 saturated carbocycles. The van der Waals surface area contributed by atoms with Gasteiger partial charge in [0.1, 0.15) is 5.75 Å². The summed E-state index contributed by atoms with van der Waals surface area (Å²) in [7, 11) is 0. The van der Waals surface area contributed by atoms with Gasteiger partial charge in [-0.25, -0.2) is 5.43 Å². The summed E-state index contributed by atoms with van der Waals surface area (Å²) in [6.07, 6.45) is 0. The van der Waals surface area contributed by atoms with Gasteiger partial charge in [-0.1, -0.05) is 48.0 Å². The van der Waals surface area contributed by atoms with Crippen LogP contribution in [0, 0.1) is 5.92 Å². The molecule has 0 radical (unpaired) electrons. The van der Waals surface area contributed by atoms with Gasteiger partial charge < -0.3 is 10.1 Å². The van der Waals surface area contributed by atoms with Crippen LogP contribution in [-0.4, -0.2) is 19.1 Å². The van der Waals surface area contributed by atoms with Crippen LogP contribution < -0.4 is 20.9 Å². The predicted octanol–water partition coefficient (Wildman–Crippen LogP) is 2.82. The lowest BCUT2D eigenvalue weighted by molar-refractivity contribution is -0.125. The SMILES string of the molecule is CCOc1ccc(C2NNCC2C(=O)NCc2ccccc2)cc1Cl. The van der Waals surface area contributed by atoms with Gasteiger partial charge in [-0.15, -0.1) is 0 Å². The van der Waals surface area contributed by atoms with E-state index in [1.807, 2.05) is 55.5 Å². The second kappa shape index (κ2) is 8.34. The first-order chi connectivity index (χ1) is 12.2. The van der Waals surface area contributed by atoms with Crippen LogP contribution in [0.4, 0.5) is 0 Å². The maximum absolute atomic E-state index is 12.6. The van der Waals surface area contributed by atoms with Gasteiger partial charge in [0.15, 0.2) is 0 Å². The summed E-state index contributed by atoms with van der Waals surface area (Å²) in [5.41, 5.74) is 8.28. The Morgan fingerprint density at radius 2 is 2.08 bits per heavy atom. The number of hydrogen-bond donors (Lipinski definition) is 3. The van der Waals surface area contributed by atoms with Crippen LogP contribution in [0.3, 0.4) is 0 Å². The Morgan fingerprint density at radius 3 is 2.80 bits per heavy atom. The zero-order chi connectivity index (χ0) is 17.6. The lowest BCUT2D eigenvalue weighted by Crippen LogP contribution is -2.34. The second-order valence-electron chi connectivity index (χ2n) is 5.94. The molecule has 1 heterocycles. The summed E-state index contributed by atoms with van der Waals surface area (Å²) in [5.74, 6) is 0.457. The smallest absolute Gasteiger partial charge is 0.226 e. The van der Waals surface area contributed by atoms with E-state index in [0.717, 1.165) is 11.1 Å². The van der Waals surface area contributed by atoms with Crippen molar-refractivity contribution in [1.29, 1.82) is 0 Å². The van der Waals surface area contributed by atoms with Gasteiger partial charge >= 0.3 is 0 Å². The third-order valence-corrected chi connectivity index (χ3v) is 4.54. The highest BCUT2D eigenvalue weighted by atomic mass is 35.5. The molecule has 2 atom stereocenters. The van der Waals surface area contributed by atoms with E-state index in [1.165, 1.54) is 0 Å². The molecule has 0 aromatic heterocycles. The van der Waals surface area contributed by atoms with Crippen molar-refractivity contribution >= 4 is 17.5 Å². The molecule has 1 fully saturated rings. The molecule has 0 bridgehead atoms. The van der Waals surface area contributed by atoms with Crippen molar-refractivity contribution in [3.8, 4) is 5.75 Å². The summed E-state index contributed by atoms with van der Waals surface area (Å²) < 4.78 is 5.47. The van der Waals surface area contributed by atoms with Gasteiger partial charge in [-0.3, -0.25) is 10.2 Å². The summed E-state index contributed by atoms with van der Waals surface area (Å²) in [6, 6.07) is 15.4.